The molecule has 1 aliphatic carbocycles. The van der Waals surface area contributed by atoms with Crippen molar-refractivity contribution in [3.05, 3.63) is 0 Å². The Morgan fingerprint density at radius 1 is 1.37 bits per heavy atom. The third kappa shape index (κ3) is 3.69. The molecule has 0 bridgehead atoms. The van der Waals surface area contributed by atoms with Crippen molar-refractivity contribution < 1.29 is 9.59 Å². The first-order valence-corrected chi connectivity index (χ1v) is 7.25. The number of likely N-dealkylation sites (N-methyl/N-ethyl adjacent to an activating group) is 1. The predicted octanol–water partition coefficient (Wildman–Crippen LogP) is 0.487. The molecule has 2 aliphatic rings. The van der Waals surface area contributed by atoms with Gasteiger partial charge in [0.25, 0.3) is 0 Å². The monoisotopic (exact) mass is 267 g/mol. The Kier molecular flexibility index (Phi) is 4.45. The maximum absolute atomic E-state index is 12.3. The molecule has 1 saturated carbocycles. The molecule has 4 unspecified atom stereocenters. The first-order valence-electron chi connectivity index (χ1n) is 7.25. The number of nitrogens with one attached hydrogen (secondary N) is 1. The van der Waals surface area contributed by atoms with Crippen LogP contribution in [-0.2, 0) is 9.59 Å². The minimum absolute atomic E-state index is 0.0432. The van der Waals surface area contributed by atoms with Crippen molar-refractivity contribution in [1.82, 2.24) is 10.2 Å². The van der Waals surface area contributed by atoms with E-state index in [-0.39, 0.29) is 29.8 Å². The lowest BCUT2D eigenvalue weighted by Crippen LogP contribution is -2.51. The van der Waals surface area contributed by atoms with E-state index < -0.39 is 0 Å². The minimum Gasteiger partial charge on any atom is -0.351 e. The SMILES string of the molecule is CC1CC(N)CC(C(=O)NC2CCC(=O)N(C)C2)C1. The predicted molar refractivity (Wildman–Crippen MR) is 73.3 cm³/mol. The van der Waals surface area contributed by atoms with Crippen LogP contribution in [0.5, 0.6) is 0 Å². The van der Waals surface area contributed by atoms with Gasteiger partial charge in [-0.1, -0.05) is 6.92 Å². The molecule has 3 N–H and O–H groups in total. The molecule has 0 radical (unpaired) electrons. The van der Waals surface area contributed by atoms with Gasteiger partial charge in [-0.05, 0) is 31.6 Å². The molecule has 108 valence electrons. The van der Waals surface area contributed by atoms with Crippen LogP contribution in [0.1, 0.15) is 39.0 Å². The van der Waals surface area contributed by atoms with Gasteiger partial charge in [-0.3, -0.25) is 9.59 Å². The Hall–Kier alpha value is -1.10. The summed E-state index contributed by atoms with van der Waals surface area (Å²) in [4.78, 5) is 25.4. The molecule has 0 aromatic carbocycles. The summed E-state index contributed by atoms with van der Waals surface area (Å²) in [6, 6.07) is 0.249. The number of piperidine rings is 1. The highest BCUT2D eigenvalue weighted by Gasteiger charge is 2.31. The molecule has 0 spiro atoms. The van der Waals surface area contributed by atoms with E-state index in [0.717, 1.165) is 25.7 Å². The van der Waals surface area contributed by atoms with Gasteiger partial charge in [0.05, 0.1) is 0 Å². The van der Waals surface area contributed by atoms with E-state index in [1.54, 1.807) is 11.9 Å². The number of carbonyl (C=O) groups is 2. The molecule has 2 amide bonds. The Balaban J connectivity index is 1.85. The summed E-state index contributed by atoms with van der Waals surface area (Å²) in [7, 11) is 1.79. The van der Waals surface area contributed by atoms with Crippen LogP contribution in [-0.4, -0.2) is 42.4 Å². The zero-order valence-corrected chi connectivity index (χ0v) is 11.9. The molecule has 5 heteroatoms. The fraction of sp³-hybridized carbons (Fsp3) is 0.857. The van der Waals surface area contributed by atoms with Crippen LogP contribution in [0.15, 0.2) is 0 Å². The lowest BCUT2D eigenvalue weighted by atomic mass is 9.79. The third-order valence-electron chi connectivity index (χ3n) is 4.32. The lowest BCUT2D eigenvalue weighted by molar-refractivity contribution is -0.135. The van der Waals surface area contributed by atoms with Crippen molar-refractivity contribution in [2.75, 3.05) is 13.6 Å². The molecule has 1 aliphatic heterocycles. The van der Waals surface area contributed by atoms with E-state index in [9.17, 15) is 9.59 Å². The highest BCUT2D eigenvalue weighted by Crippen LogP contribution is 2.28. The Morgan fingerprint density at radius 3 is 2.74 bits per heavy atom. The maximum Gasteiger partial charge on any atom is 0.223 e. The average molecular weight is 267 g/mol. The van der Waals surface area contributed by atoms with Crippen LogP contribution in [0.25, 0.3) is 0 Å². The molecular weight excluding hydrogens is 242 g/mol. The van der Waals surface area contributed by atoms with Gasteiger partial charge >= 0.3 is 0 Å². The van der Waals surface area contributed by atoms with Gasteiger partial charge in [-0.2, -0.15) is 0 Å². The number of rotatable bonds is 2. The molecule has 2 fully saturated rings. The van der Waals surface area contributed by atoms with Crippen molar-refractivity contribution in [3.63, 3.8) is 0 Å². The van der Waals surface area contributed by atoms with Gasteiger partial charge < -0.3 is 16.0 Å². The number of hydrogen-bond donors (Lipinski definition) is 2. The second kappa shape index (κ2) is 5.90. The van der Waals surface area contributed by atoms with E-state index in [1.165, 1.54) is 0 Å². The van der Waals surface area contributed by atoms with Gasteiger partial charge in [-0.15, -0.1) is 0 Å². The quantitative estimate of drug-likeness (QED) is 0.764. The standard InChI is InChI=1S/C14H25N3O2/c1-9-5-10(7-11(15)6-9)14(19)16-12-3-4-13(18)17(2)8-12/h9-12H,3-8,15H2,1-2H3,(H,16,19). The van der Waals surface area contributed by atoms with E-state index in [1.807, 2.05) is 0 Å². The molecule has 2 rings (SSSR count). The second-order valence-electron chi connectivity index (χ2n) is 6.29. The number of amides is 2. The van der Waals surface area contributed by atoms with Crippen LogP contribution < -0.4 is 11.1 Å². The van der Waals surface area contributed by atoms with E-state index in [2.05, 4.69) is 12.2 Å². The molecule has 1 heterocycles. The first-order chi connectivity index (χ1) is 8.95. The number of likely N-dealkylation sites (tertiary alicyclic amines) is 1. The van der Waals surface area contributed by atoms with E-state index >= 15 is 0 Å². The Morgan fingerprint density at radius 2 is 2.11 bits per heavy atom. The fourth-order valence-corrected chi connectivity index (χ4v) is 3.32. The smallest absolute Gasteiger partial charge is 0.223 e. The van der Waals surface area contributed by atoms with Crippen molar-refractivity contribution in [3.8, 4) is 0 Å². The van der Waals surface area contributed by atoms with Gasteiger partial charge in [0.1, 0.15) is 0 Å². The van der Waals surface area contributed by atoms with Gasteiger partial charge in [-0.25, -0.2) is 0 Å². The largest absolute Gasteiger partial charge is 0.351 e. The van der Waals surface area contributed by atoms with Crippen LogP contribution in [0.4, 0.5) is 0 Å². The topological polar surface area (TPSA) is 75.4 Å². The number of carbonyl (C=O) groups excluding carboxylic acids is 2. The number of nitrogens with zero attached hydrogens (tertiary/aromatic N) is 1. The van der Waals surface area contributed by atoms with Gasteiger partial charge in [0, 0.05) is 38.0 Å². The van der Waals surface area contributed by atoms with E-state index in [0.29, 0.717) is 18.9 Å². The molecule has 0 aromatic rings. The zero-order valence-electron chi connectivity index (χ0n) is 11.9. The van der Waals surface area contributed by atoms with Gasteiger partial charge in [0.2, 0.25) is 11.8 Å². The Bertz CT molecular complexity index is 349. The highest BCUT2D eigenvalue weighted by molar-refractivity contribution is 5.80. The number of hydrogen-bond acceptors (Lipinski definition) is 3. The molecule has 0 aromatic heterocycles. The molecule has 5 nitrogen and oxygen atoms in total. The summed E-state index contributed by atoms with van der Waals surface area (Å²) in [5, 5.41) is 3.09. The highest BCUT2D eigenvalue weighted by atomic mass is 16.2. The van der Waals surface area contributed by atoms with E-state index in [4.69, 9.17) is 5.73 Å². The van der Waals surface area contributed by atoms with Crippen LogP contribution in [0, 0.1) is 11.8 Å². The second-order valence-corrected chi connectivity index (χ2v) is 6.29. The Labute approximate surface area is 114 Å². The van der Waals surface area contributed by atoms with Crippen molar-refractivity contribution in [2.24, 2.45) is 17.6 Å². The van der Waals surface area contributed by atoms with Crippen LogP contribution in [0.2, 0.25) is 0 Å². The fourth-order valence-electron chi connectivity index (χ4n) is 3.32. The van der Waals surface area contributed by atoms with Crippen LogP contribution in [0.3, 0.4) is 0 Å². The third-order valence-corrected chi connectivity index (χ3v) is 4.32. The summed E-state index contributed by atoms with van der Waals surface area (Å²) in [5.41, 5.74) is 5.99. The normalized spacial score (nSPS) is 36.2. The number of nitrogens with two attached hydrogens (primary N) is 1. The molecular formula is C14H25N3O2. The van der Waals surface area contributed by atoms with Crippen molar-refractivity contribution in [1.29, 1.82) is 0 Å². The summed E-state index contributed by atoms with van der Waals surface area (Å²) >= 11 is 0. The molecule has 4 atom stereocenters. The molecule has 1 saturated heterocycles. The van der Waals surface area contributed by atoms with Gasteiger partial charge in [0.15, 0.2) is 0 Å². The first kappa shape index (κ1) is 14.3. The summed E-state index contributed by atoms with van der Waals surface area (Å²) in [5.74, 6) is 0.852. The summed E-state index contributed by atoms with van der Waals surface area (Å²) < 4.78 is 0. The van der Waals surface area contributed by atoms with Crippen molar-refractivity contribution >= 4 is 11.8 Å². The van der Waals surface area contributed by atoms with Crippen molar-refractivity contribution in [2.45, 2.75) is 51.1 Å². The minimum atomic E-state index is 0.0432. The zero-order chi connectivity index (χ0) is 14.0. The maximum atomic E-state index is 12.3. The average Bonchev–Trinajstić information content (AvgIpc) is 2.32. The van der Waals surface area contributed by atoms with Crippen LogP contribution >= 0.6 is 0 Å². The lowest BCUT2D eigenvalue weighted by Gasteiger charge is -2.34. The summed E-state index contributed by atoms with van der Waals surface area (Å²) in [6.45, 7) is 2.78. The molecule has 19 heavy (non-hydrogen) atoms. The summed E-state index contributed by atoms with van der Waals surface area (Å²) in [6.07, 6.45) is 4.02.